The van der Waals surface area contributed by atoms with Gasteiger partial charge >= 0.3 is 58.2 Å². The van der Waals surface area contributed by atoms with Crippen LogP contribution in [0.1, 0.15) is 18.9 Å². The van der Waals surface area contributed by atoms with E-state index < -0.39 is 0 Å². The molecular formula is C11H12O2Rb-. The zero-order chi connectivity index (χ0) is 8.81. The Kier molecular flexibility index (Phi) is 11.9. The Bertz CT molecular complexity index is 334. The summed E-state index contributed by atoms with van der Waals surface area (Å²) in [6.45, 7) is 2.07. The molecule has 0 bridgehead atoms. The smallest absolute Gasteiger partial charge is 0.870 e. The first-order chi connectivity index (χ1) is 5.83. The van der Waals surface area contributed by atoms with Crippen molar-refractivity contribution in [1.29, 1.82) is 0 Å². The molecule has 0 atom stereocenters. The second-order valence-corrected chi connectivity index (χ2v) is 2.49. The summed E-state index contributed by atoms with van der Waals surface area (Å²) in [6.07, 6.45) is 5.06. The van der Waals surface area contributed by atoms with E-state index in [9.17, 15) is 4.79 Å². The van der Waals surface area contributed by atoms with Gasteiger partial charge in [0.1, 0.15) is 0 Å². The van der Waals surface area contributed by atoms with Crippen LogP contribution in [0.5, 0.6) is 0 Å². The van der Waals surface area contributed by atoms with E-state index in [2.05, 4.69) is 19.1 Å². The van der Waals surface area contributed by atoms with Gasteiger partial charge < -0.3 is 10.3 Å². The van der Waals surface area contributed by atoms with Crippen LogP contribution in [0.3, 0.4) is 0 Å². The molecule has 0 aromatic heterocycles. The number of hydrogen-bond acceptors (Lipinski definition) is 2. The van der Waals surface area contributed by atoms with Crippen LogP contribution in [0.2, 0.25) is 0 Å². The molecule has 0 fully saturated rings. The molecule has 0 aliphatic heterocycles. The van der Waals surface area contributed by atoms with Gasteiger partial charge in [-0.15, -0.1) is 18.2 Å². The topological polar surface area (TPSA) is 47.1 Å². The van der Waals surface area contributed by atoms with E-state index in [1.54, 1.807) is 12.1 Å². The van der Waals surface area contributed by atoms with Crippen LogP contribution >= 0.6 is 0 Å². The molecule has 0 heterocycles. The van der Waals surface area contributed by atoms with Crippen LogP contribution in [0.25, 0.3) is 6.08 Å². The van der Waals surface area contributed by atoms with Gasteiger partial charge in [-0.1, -0.05) is 24.6 Å². The minimum Gasteiger partial charge on any atom is -0.870 e. The monoisotopic (exact) mass is 261 g/mol. The molecule has 1 aromatic carbocycles. The first-order valence-electron chi connectivity index (χ1n) is 4.01. The summed E-state index contributed by atoms with van der Waals surface area (Å²) in [5.41, 5.74) is 0.960. The van der Waals surface area contributed by atoms with Gasteiger partial charge in [0, 0.05) is 0 Å². The van der Waals surface area contributed by atoms with Gasteiger partial charge in [0.25, 0.3) is 0 Å². The molecule has 1 N–H and O–H groups in total. The molecule has 70 valence electrons. The molecule has 0 radical (unpaired) electrons. The molecular weight excluding hydrogens is 250 g/mol. The van der Waals surface area contributed by atoms with Gasteiger partial charge in [0.2, 0.25) is 0 Å². The Balaban J connectivity index is 0. The summed E-state index contributed by atoms with van der Waals surface area (Å²) < 4.78 is 0. The molecule has 0 saturated heterocycles. The molecule has 1 rings (SSSR count). The van der Waals surface area contributed by atoms with Crippen LogP contribution in [0.4, 0.5) is 0 Å². The van der Waals surface area contributed by atoms with Crippen LogP contribution in [-0.2, 0) is 0 Å². The van der Waals surface area contributed by atoms with Gasteiger partial charge in [-0.25, -0.2) is 0 Å². The van der Waals surface area contributed by atoms with Gasteiger partial charge in [-0.2, -0.15) is 12.1 Å². The molecule has 0 aliphatic rings. The predicted molar refractivity (Wildman–Crippen MR) is 52.8 cm³/mol. The predicted octanol–water partition coefficient (Wildman–Crippen LogP) is -0.903. The Labute approximate surface area is 133 Å². The Morgan fingerprint density at radius 2 is 2.07 bits per heavy atom. The summed E-state index contributed by atoms with van der Waals surface area (Å²) in [4.78, 5) is 10.8. The van der Waals surface area contributed by atoms with Crippen molar-refractivity contribution in [2.45, 2.75) is 13.3 Å². The maximum absolute atomic E-state index is 10.8. The Hall–Kier alpha value is 0.395. The number of allylic oxidation sites excluding steroid dienone is 1. The minimum atomic E-state index is -0.0776. The summed E-state index contributed by atoms with van der Waals surface area (Å²) in [7, 11) is 0. The third kappa shape index (κ3) is 6.79. The fourth-order valence-corrected chi connectivity index (χ4v) is 0.861. The van der Waals surface area contributed by atoms with Crippen LogP contribution in [0, 0.1) is 6.07 Å². The van der Waals surface area contributed by atoms with E-state index in [0.29, 0.717) is 0 Å². The van der Waals surface area contributed by atoms with E-state index in [1.807, 2.05) is 12.1 Å². The van der Waals surface area contributed by atoms with Crippen molar-refractivity contribution in [3.63, 3.8) is 0 Å². The minimum absolute atomic E-state index is 0. The molecule has 0 spiro atoms. The average Bonchev–Trinajstić information content (AvgIpc) is 2.27. The molecule has 0 amide bonds. The first-order valence-corrected chi connectivity index (χ1v) is 4.01. The zero-order valence-corrected chi connectivity index (χ0v) is 13.4. The normalized spacial score (nSPS) is 8.93. The Morgan fingerprint density at radius 3 is 2.71 bits per heavy atom. The molecule has 3 heteroatoms. The van der Waals surface area contributed by atoms with Crippen LogP contribution in [-0.4, -0.2) is 5.48 Å². The molecule has 1 aromatic rings. The second kappa shape index (κ2) is 9.93. The zero-order valence-electron chi connectivity index (χ0n) is 8.53. The third-order valence-corrected chi connectivity index (χ3v) is 1.47. The summed E-state index contributed by atoms with van der Waals surface area (Å²) >= 11 is 0. The summed E-state index contributed by atoms with van der Waals surface area (Å²) in [5.74, 6) is 0. The molecule has 0 unspecified atom stereocenters. The Morgan fingerprint density at radius 1 is 1.36 bits per heavy atom. The van der Waals surface area contributed by atoms with Crippen molar-refractivity contribution >= 4 is 6.08 Å². The fraction of sp³-hybridized carbons (Fsp3) is 0.182. The van der Waals surface area contributed by atoms with Crippen molar-refractivity contribution in [3.05, 3.63) is 52.2 Å². The maximum atomic E-state index is 10.8. The van der Waals surface area contributed by atoms with E-state index >= 15 is 0 Å². The molecule has 0 saturated carbocycles. The number of rotatable bonds is 2. The molecule has 0 aliphatic carbocycles. The van der Waals surface area contributed by atoms with E-state index in [4.69, 9.17) is 0 Å². The molecule has 14 heavy (non-hydrogen) atoms. The maximum Gasteiger partial charge on any atom is 1.00 e. The van der Waals surface area contributed by atoms with Crippen LogP contribution in [0.15, 0.2) is 35.1 Å². The standard InChI is InChI=1S/C11H11O.H2O.Rb/c1-2-3-5-10-6-4-7-11(12)9-8-10;;/h3-6,8-9H,2H2,1H3;1H2;/q-1;;+1/p-1/b5-3-;;. The van der Waals surface area contributed by atoms with Gasteiger partial charge in [0.05, 0.1) is 5.43 Å². The summed E-state index contributed by atoms with van der Waals surface area (Å²) in [5, 5.41) is 0. The average molecular weight is 262 g/mol. The van der Waals surface area contributed by atoms with Crippen molar-refractivity contribution in [2.75, 3.05) is 0 Å². The van der Waals surface area contributed by atoms with Crippen molar-refractivity contribution in [1.82, 2.24) is 0 Å². The van der Waals surface area contributed by atoms with Crippen molar-refractivity contribution in [3.8, 4) is 0 Å². The third-order valence-electron chi connectivity index (χ3n) is 1.47. The van der Waals surface area contributed by atoms with Crippen LogP contribution < -0.4 is 63.6 Å². The van der Waals surface area contributed by atoms with Crippen molar-refractivity contribution < 1.29 is 63.7 Å². The van der Waals surface area contributed by atoms with Crippen molar-refractivity contribution in [2.24, 2.45) is 0 Å². The largest absolute Gasteiger partial charge is 1.00 e. The molecule has 2 nitrogen and oxygen atoms in total. The van der Waals surface area contributed by atoms with E-state index in [0.717, 1.165) is 12.0 Å². The van der Waals surface area contributed by atoms with Gasteiger partial charge in [0.15, 0.2) is 0 Å². The van der Waals surface area contributed by atoms with Gasteiger partial charge in [-0.05, 0) is 6.42 Å². The fourth-order valence-electron chi connectivity index (χ4n) is 0.861. The van der Waals surface area contributed by atoms with E-state index in [-0.39, 0.29) is 69.1 Å². The van der Waals surface area contributed by atoms with Gasteiger partial charge in [-0.3, -0.25) is 0 Å². The quantitative estimate of drug-likeness (QED) is 0.648. The second-order valence-electron chi connectivity index (χ2n) is 2.49. The van der Waals surface area contributed by atoms with E-state index in [1.165, 1.54) is 6.07 Å². The first kappa shape index (κ1) is 16.8. The number of hydrogen-bond donors (Lipinski definition) is 0. The SMILES string of the molecule is CC/C=C\c1cc[c-]c(=O)cc1.[OH-].[Rb+]. The summed E-state index contributed by atoms with van der Waals surface area (Å²) in [6, 6.07) is 9.43.